The Balaban J connectivity index is 0.000000197. The lowest BCUT2D eigenvalue weighted by molar-refractivity contribution is 0.582. The van der Waals surface area contributed by atoms with Crippen LogP contribution in [-0.4, -0.2) is 21.5 Å². The predicted octanol–water partition coefficient (Wildman–Crippen LogP) is 9.96. The molecule has 0 fully saturated rings. The van der Waals surface area contributed by atoms with Crippen LogP contribution in [-0.2, 0) is 10.0 Å². The molecule has 0 saturated carbocycles. The summed E-state index contributed by atoms with van der Waals surface area (Å²) in [7, 11) is -3.54. The Hall–Kier alpha value is -3.27. The number of nitrogens with one attached hydrogen (secondary N) is 1. The second-order valence-electron chi connectivity index (χ2n) is 10.6. The third-order valence-corrected chi connectivity index (χ3v) is 11.6. The molecule has 0 aromatic heterocycles. The van der Waals surface area contributed by atoms with Crippen LogP contribution in [0.25, 0.3) is 11.1 Å². The van der Waals surface area contributed by atoms with Crippen LogP contribution in [0, 0.1) is 0 Å². The van der Waals surface area contributed by atoms with Gasteiger partial charge in [-0.25, -0.2) is 13.1 Å². The molecule has 0 saturated heterocycles. The molecule has 0 bridgehead atoms. The molecule has 2 heterocycles. The van der Waals surface area contributed by atoms with E-state index in [9.17, 15) is 8.42 Å². The van der Waals surface area contributed by atoms with Crippen LogP contribution < -0.4 is 10.5 Å². The highest BCUT2D eigenvalue weighted by atomic mass is 35.5. The van der Waals surface area contributed by atoms with Gasteiger partial charge in [0.1, 0.15) is 0 Å². The van der Waals surface area contributed by atoms with Crippen LogP contribution in [0.3, 0.4) is 0 Å². The Bertz CT molecular complexity index is 1930. The summed E-state index contributed by atoms with van der Waals surface area (Å²) in [6, 6.07) is 39.9. The van der Waals surface area contributed by atoms with Gasteiger partial charge in [0, 0.05) is 31.1 Å². The molecule has 0 amide bonds. The van der Waals surface area contributed by atoms with E-state index < -0.39 is 10.0 Å². The number of rotatable bonds is 7. The predicted molar refractivity (Wildman–Crippen MR) is 200 cm³/mol. The maximum Gasteiger partial charge on any atom is 0.240 e. The monoisotopic (exact) mass is 716 g/mol. The van der Waals surface area contributed by atoms with Gasteiger partial charge in [0.05, 0.1) is 4.90 Å². The first kappa shape index (κ1) is 35.0. The lowest BCUT2D eigenvalue weighted by Crippen LogP contribution is -2.24. The number of sulfonamides is 1. The number of nitrogens with two attached hydrogens (primary N) is 1. The summed E-state index contributed by atoms with van der Waals surface area (Å²) in [6.45, 7) is 1.02. The second kappa shape index (κ2) is 16.2. The highest BCUT2D eigenvalue weighted by Gasteiger charge is 2.21. The number of hydrogen-bond donors (Lipinski definition) is 2. The zero-order valence-electron chi connectivity index (χ0n) is 25.4. The van der Waals surface area contributed by atoms with E-state index in [1.54, 1.807) is 23.9 Å². The molecule has 240 valence electrons. The maximum absolute atomic E-state index is 12.4. The van der Waals surface area contributed by atoms with Gasteiger partial charge < -0.3 is 5.73 Å². The molecule has 3 N–H and O–H groups in total. The lowest BCUT2D eigenvalue weighted by atomic mass is 9.96. The van der Waals surface area contributed by atoms with Gasteiger partial charge in [-0.1, -0.05) is 120 Å². The Kier molecular flexibility index (Phi) is 12.1. The number of fused-ring (bicyclic) bond motifs is 4. The smallest absolute Gasteiger partial charge is 0.240 e. The largest absolute Gasteiger partial charge is 0.330 e. The van der Waals surface area contributed by atoms with Gasteiger partial charge in [-0.2, -0.15) is 0 Å². The minimum Gasteiger partial charge on any atom is -0.330 e. The van der Waals surface area contributed by atoms with Crippen molar-refractivity contribution in [1.82, 2.24) is 4.72 Å². The van der Waals surface area contributed by atoms with E-state index in [4.69, 9.17) is 17.3 Å². The topological polar surface area (TPSA) is 72.2 Å². The minimum atomic E-state index is -3.54. The summed E-state index contributed by atoms with van der Waals surface area (Å²) in [5.41, 5.74) is 13.1. The molecule has 2 aliphatic rings. The number of benzene rings is 5. The van der Waals surface area contributed by atoms with Gasteiger partial charge in [0.2, 0.25) is 10.0 Å². The molecule has 4 nitrogen and oxygen atoms in total. The standard InChI is InChI=1S/C22H18ClNO2S2.C16H15NS.ClH/c23-16-11-13-17(14-12-16)28(25,26)24-15-5-8-18-19-6-1-3-9-21(19)27-22-10-4-2-7-20(18)22;17-11-5-8-12-13-6-1-3-9-15(13)18-16-10-4-2-7-14(12)16;/h1-4,6-14,24H,5,15H2;1-4,6-10H,5,11,17H2;1H. The van der Waals surface area contributed by atoms with Crippen LogP contribution in [0.4, 0.5) is 0 Å². The van der Waals surface area contributed by atoms with Crippen molar-refractivity contribution in [2.24, 2.45) is 5.73 Å². The summed E-state index contributed by atoms with van der Waals surface area (Å²) in [6.07, 6.45) is 5.89. The van der Waals surface area contributed by atoms with Crippen molar-refractivity contribution < 1.29 is 8.42 Å². The van der Waals surface area contributed by atoms with Crippen LogP contribution in [0.5, 0.6) is 0 Å². The van der Waals surface area contributed by atoms with Crippen molar-refractivity contribution >= 4 is 68.7 Å². The molecule has 7 rings (SSSR count). The summed E-state index contributed by atoms with van der Waals surface area (Å²) in [5.74, 6) is 0. The quantitative estimate of drug-likeness (QED) is 0.161. The van der Waals surface area contributed by atoms with E-state index in [1.807, 2.05) is 36.0 Å². The summed E-state index contributed by atoms with van der Waals surface area (Å²) >= 11 is 9.45. The van der Waals surface area contributed by atoms with Gasteiger partial charge in [-0.15, -0.1) is 12.4 Å². The third kappa shape index (κ3) is 8.24. The summed E-state index contributed by atoms with van der Waals surface area (Å²) < 4.78 is 27.5. The fraction of sp³-hybridized carbons (Fsp3) is 0.105. The molecular weight excluding hydrogens is 684 g/mol. The number of hydrogen-bond acceptors (Lipinski definition) is 5. The zero-order valence-corrected chi connectivity index (χ0v) is 29.5. The van der Waals surface area contributed by atoms with E-state index in [0.717, 1.165) is 12.0 Å². The van der Waals surface area contributed by atoms with E-state index in [0.29, 0.717) is 24.5 Å². The van der Waals surface area contributed by atoms with Crippen molar-refractivity contribution in [2.45, 2.75) is 37.3 Å². The van der Waals surface area contributed by atoms with Crippen LogP contribution >= 0.6 is 47.5 Å². The first-order valence-corrected chi connectivity index (χ1v) is 18.5. The lowest BCUT2D eigenvalue weighted by Gasteiger charge is -2.22. The Morgan fingerprint density at radius 3 is 1.38 bits per heavy atom. The second-order valence-corrected chi connectivity index (χ2v) is 15.0. The zero-order chi connectivity index (χ0) is 31.9. The minimum absolute atomic E-state index is 0. The number of halogens is 2. The van der Waals surface area contributed by atoms with Crippen molar-refractivity contribution in [3.05, 3.63) is 161 Å². The van der Waals surface area contributed by atoms with E-state index in [-0.39, 0.29) is 17.3 Å². The highest BCUT2D eigenvalue weighted by molar-refractivity contribution is 7.99. The van der Waals surface area contributed by atoms with Crippen molar-refractivity contribution in [1.29, 1.82) is 0 Å². The normalized spacial score (nSPS) is 12.6. The maximum atomic E-state index is 12.4. The first-order chi connectivity index (χ1) is 22.4. The molecule has 0 atom stereocenters. The van der Waals surface area contributed by atoms with Crippen molar-refractivity contribution in [2.75, 3.05) is 13.1 Å². The third-order valence-electron chi connectivity index (χ3n) is 7.57. The molecule has 0 aliphatic carbocycles. The average Bonchev–Trinajstić information content (AvgIpc) is 3.08. The van der Waals surface area contributed by atoms with Gasteiger partial charge >= 0.3 is 0 Å². The molecular formula is C38H34Cl2N2O2S3. The molecule has 0 unspecified atom stereocenters. The molecule has 5 aromatic rings. The van der Waals surface area contributed by atoms with Gasteiger partial charge in [0.25, 0.3) is 0 Å². The Labute approximate surface area is 297 Å². The Morgan fingerprint density at radius 2 is 0.979 bits per heavy atom. The Morgan fingerprint density at radius 1 is 0.596 bits per heavy atom. The van der Waals surface area contributed by atoms with Crippen LogP contribution in [0.1, 0.15) is 35.1 Å². The van der Waals surface area contributed by atoms with Gasteiger partial charge in [-0.3, -0.25) is 0 Å². The average molecular weight is 718 g/mol. The SMILES string of the molecule is Cl.NCCC=C1c2ccccc2Sc2ccccc21.O=S(=O)(NCCC=C1c2ccccc2Sc2ccccc21)c1ccc(Cl)cc1. The van der Waals surface area contributed by atoms with Crippen LogP contribution in [0.15, 0.2) is 158 Å². The van der Waals surface area contributed by atoms with E-state index in [1.165, 1.54) is 59.5 Å². The molecule has 9 heteroatoms. The molecule has 0 spiro atoms. The molecule has 47 heavy (non-hydrogen) atoms. The van der Waals surface area contributed by atoms with Crippen molar-refractivity contribution in [3.8, 4) is 0 Å². The molecule has 2 aliphatic heterocycles. The summed E-state index contributed by atoms with van der Waals surface area (Å²) in [5, 5.41) is 0.510. The fourth-order valence-electron chi connectivity index (χ4n) is 5.41. The molecule has 0 radical (unpaired) electrons. The van der Waals surface area contributed by atoms with Gasteiger partial charge in [-0.05, 0) is 101 Å². The molecule has 5 aromatic carbocycles. The van der Waals surface area contributed by atoms with Crippen LogP contribution in [0.2, 0.25) is 5.02 Å². The van der Waals surface area contributed by atoms with E-state index >= 15 is 0 Å². The fourth-order valence-corrected chi connectivity index (χ4v) is 8.80. The van der Waals surface area contributed by atoms with Gasteiger partial charge in [0.15, 0.2) is 0 Å². The summed E-state index contributed by atoms with van der Waals surface area (Å²) in [4.78, 5) is 5.32. The van der Waals surface area contributed by atoms with E-state index in [2.05, 4.69) is 89.7 Å². The van der Waals surface area contributed by atoms with Crippen molar-refractivity contribution in [3.63, 3.8) is 0 Å². The highest BCUT2D eigenvalue weighted by Crippen LogP contribution is 2.46. The first-order valence-electron chi connectivity index (χ1n) is 15.0.